The zero-order valence-electron chi connectivity index (χ0n) is 28.9. The zero-order valence-corrected chi connectivity index (χ0v) is 28.9. The van der Waals surface area contributed by atoms with Crippen LogP contribution in [0, 0.1) is 0 Å². The molecule has 6 heteroatoms. The average Bonchev–Trinajstić information content (AvgIpc) is 2.91. The van der Waals surface area contributed by atoms with Gasteiger partial charge in [0, 0.05) is 23.1 Å². The van der Waals surface area contributed by atoms with Gasteiger partial charge < -0.3 is 19.7 Å². The van der Waals surface area contributed by atoms with E-state index in [-0.39, 0.29) is 30.5 Å². The molecule has 2 N–H and O–H groups in total. The maximum absolute atomic E-state index is 12.3. The summed E-state index contributed by atoms with van der Waals surface area (Å²) in [5.74, 6) is -1.17. The number of carboxylic acid groups (broad SMARTS) is 1. The Bertz CT molecular complexity index is 953. The van der Waals surface area contributed by atoms with Crippen molar-refractivity contribution in [2.24, 2.45) is 0 Å². The lowest BCUT2D eigenvalue weighted by Crippen LogP contribution is -2.24. The summed E-state index contributed by atoms with van der Waals surface area (Å²) in [5.41, 5.74) is 0.827. The van der Waals surface area contributed by atoms with Crippen LogP contribution in [0.4, 0.5) is 0 Å². The van der Waals surface area contributed by atoms with E-state index in [4.69, 9.17) is 9.47 Å². The first kappa shape index (κ1) is 38.9. The van der Waals surface area contributed by atoms with Crippen molar-refractivity contribution in [3.8, 4) is 5.75 Å². The van der Waals surface area contributed by atoms with Crippen LogP contribution in [-0.2, 0) is 25.1 Å². The van der Waals surface area contributed by atoms with E-state index >= 15 is 0 Å². The number of ether oxygens (including phenoxy) is 2. The van der Waals surface area contributed by atoms with Crippen LogP contribution in [0.3, 0.4) is 0 Å². The van der Waals surface area contributed by atoms with Crippen molar-refractivity contribution in [2.45, 2.75) is 175 Å². The summed E-state index contributed by atoms with van der Waals surface area (Å²) in [6, 6.07) is 1.57. The molecule has 0 aliphatic carbocycles. The Kier molecular flexibility index (Phi) is 18.2. The molecule has 0 saturated heterocycles. The molecule has 1 aromatic rings. The number of rotatable bonds is 22. The number of aromatic hydroxyl groups is 1. The quantitative estimate of drug-likeness (QED) is 0.101. The number of hydrogen-bond acceptors (Lipinski definition) is 5. The van der Waals surface area contributed by atoms with Crippen molar-refractivity contribution >= 4 is 11.9 Å². The Labute approximate surface area is 263 Å². The van der Waals surface area contributed by atoms with Crippen LogP contribution < -0.4 is 0 Å². The summed E-state index contributed by atoms with van der Waals surface area (Å²) in [5, 5.41) is 21.3. The number of hydrogen-bond donors (Lipinski definition) is 2. The van der Waals surface area contributed by atoms with Gasteiger partial charge in [-0.1, -0.05) is 138 Å². The largest absolute Gasteiger partial charge is 0.507 e. The highest BCUT2D eigenvalue weighted by atomic mass is 16.6. The number of esters is 1. The van der Waals surface area contributed by atoms with Gasteiger partial charge in [0.05, 0.1) is 18.3 Å². The number of unbranched alkanes of at least 4 members (excludes halogenated alkanes) is 14. The van der Waals surface area contributed by atoms with Gasteiger partial charge in [0.2, 0.25) is 0 Å². The maximum atomic E-state index is 12.3. The van der Waals surface area contributed by atoms with E-state index < -0.39 is 22.9 Å². The number of aromatic carboxylic acids is 1. The van der Waals surface area contributed by atoms with E-state index in [1.165, 1.54) is 77.0 Å². The molecule has 0 aromatic heterocycles. The molecular formula is C37H64O6. The van der Waals surface area contributed by atoms with Crippen LogP contribution in [0.1, 0.15) is 191 Å². The highest BCUT2D eigenvalue weighted by molar-refractivity contribution is 5.91. The Morgan fingerprint density at radius 3 is 1.63 bits per heavy atom. The molecule has 1 aromatic carbocycles. The molecule has 0 saturated carbocycles. The molecule has 0 aliphatic rings. The van der Waals surface area contributed by atoms with Crippen molar-refractivity contribution < 1.29 is 29.3 Å². The SMILES string of the molecule is CCCCCCCCCCCCCCCCCC(=O)OCCOC(C)c1c(C(=O)O)cc(C(C)(C)C)c(O)c1C(C)(C)C. The van der Waals surface area contributed by atoms with Crippen molar-refractivity contribution in [1.29, 1.82) is 0 Å². The first-order chi connectivity index (χ1) is 20.2. The van der Waals surface area contributed by atoms with E-state index in [0.29, 0.717) is 23.1 Å². The van der Waals surface area contributed by atoms with E-state index in [2.05, 4.69) is 6.92 Å². The lowest BCUT2D eigenvalue weighted by molar-refractivity contribution is -0.145. The second kappa shape index (κ2) is 20.0. The summed E-state index contributed by atoms with van der Waals surface area (Å²) >= 11 is 0. The van der Waals surface area contributed by atoms with Crippen LogP contribution in [0.25, 0.3) is 0 Å². The predicted molar refractivity (Wildman–Crippen MR) is 177 cm³/mol. The normalized spacial score (nSPS) is 12.8. The lowest BCUT2D eigenvalue weighted by atomic mass is 9.74. The molecule has 1 rings (SSSR count). The summed E-state index contributed by atoms with van der Waals surface area (Å²) in [4.78, 5) is 24.5. The van der Waals surface area contributed by atoms with Gasteiger partial charge >= 0.3 is 11.9 Å². The van der Waals surface area contributed by atoms with Crippen molar-refractivity contribution in [2.75, 3.05) is 13.2 Å². The Morgan fingerprint density at radius 1 is 0.744 bits per heavy atom. The fourth-order valence-electron chi connectivity index (χ4n) is 5.79. The molecular weight excluding hydrogens is 540 g/mol. The number of phenolic OH excluding ortho intramolecular Hbond substituents is 1. The van der Waals surface area contributed by atoms with Crippen LogP contribution in [0.15, 0.2) is 6.07 Å². The summed E-state index contributed by atoms with van der Waals surface area (Å²) in [6.45, 7) is 16.0. The molecule has 0 amide bonds. The van der Waals surface area contributed by atoms with Gasteiger partial charge in [-0.25, -0.2) is 4.79 Å². The minimum Gasteiger partial charge on any atom is -0.507 e. The Morgan fingerprint density at radius 2 is 1.21 bits per heavy atom. The number of phenols is 1. The van der Waals surface area contributed by atoms with Gasteiger partial charge in [0.25, 0.3) is 0 Å². The molecule has 0 radical (unpaired) electrons. The standard InChI is InChI=1S/C37H64O6/c1-9-10-11-12-13-14-15-16-17-18-19-20-21-22-23-24-31(38)43-26-25-42-28(2)32-29(35(40)41)27-30(36(3,4)5)34(39)33(32)37(6,7)8/h27-28,39H,9-26H2,1-8H3,(H,40,41). The first-order valence-electron chi connectivity index (χ1n) is 17.1. The van der Waals surface area contributed by atoms with Crippen LogP contribution >= 0.6 is 0 Å². The molecule has 0 aliphatic heterocycles. The third kappa shape index (κ3) is 15.0. The van der Waals surface area contributed by atoms with E-state index in [0.717, 1.165) is 19.3 Å². The van der Waals surface area contributed by atoms with Crippen molar-refractivity contribution in [3.05, 3.63) is 28.3 Å². The Balaban J connectivity index is 2.37. The van der Waals surface area contributed by atoms with Gasteiger partial charge in [-0.2, -0.15) is 0 Å². The van der Waals surface area contributed by atoms with Crippen molar-refractivity contribution in [1.82, 2.24) is 0 Å². The number of benzene rings is 1. The number of carbonyl (C=O) groups is 2. The van der Waals surface area contributed by atoms with Crippen molar-refractivity contribution in [3.63, 3.8) is 0 Å². The first-order valence-corrected chi connectivity index (χ1v) is 17.1. The van der Waals surface area contributed by atoms with Gasteiger partial charge in [-0.05, 0) is 30.2 Å². The minimum atomic E-state index is -1.06. The minimum absolute atomic E-state index is 0.112. The number of carbonyl (C=O) groups excluding carboxylic acids is 1. The molecule has 6 nitrogen and oxygen atoms in total. The Hall–Kier alpha value is -2.08. The molecule has 43 heavy (non-hydrogen) atoms. The highest BCUT2D eigenvalue weighted by Gasteiger charge is 2.34. The number of carboxylic acids is 1. The van der Waals surface area contributed by atoms with Gasteiger partial charge in [0.15, 0.2) is 0 Å². The van der Waals surface area contributed by atoms with E-state index in [1.54, 1.807) is 13.0 Å². The molecule has 248 valence electrons. The fraction of sp³-hybridized carbons (Fsp3) is 0.784. The predicted octanol–water partition coefficient (Wildman–Crippen LogP) is 10.6. The monoisotopic (exact) mass is 604 g/mol. The maximum Gasteiger partial charge on any atom is 0.336 e. The van der Waals surface area contributed by atoms with Crippen LogP contribution in [0.5, 0.6) is 5.75 Å². The molecule has 0 spiro atoms. The second-order valence-corrected chi connectivity index (χ2v) is 14.3. The van der Waals surface area contributed by atoms with Gasteiger partial charge in [-0.15, -0.1) is 0 Å². The molecule has 0 bridgehead atoms. The average molecular weight is 605 g/mol. The topological polar surface area (TPSA) is 93.1 Å². The lowest BCUT2D eigenvalue weighted by Gasteiger charge is -2.32. The van der Waals surface area contributed by atoms with E-state index in [9.17, 15) is 19.8 Å². The summed E-state index contributed by atoms with van der Waals surface area (Å²) < 4.78 is 11.3. The molecule has 1 unspecified atom stereocenters. The summed E-state index contributed by atoms with van der Waals surface area (Å²) in [7, 11) is 0. The van der Waals surface area contributed by atoms with Gasteiger partial charge in [-0.3, -0.25) is 4.79 Å². The van der Waals surface area contributed by atoms with Gasteiger partial charge in [0.1, 0.15) is 12.4 Å². The third-order valence-corrected chi connectivity index (χ3v) is 8.23. The van der Waals surface area contributed by atoms with Crippen LogP contribution in [0.2, 0.25) is 0 Å². The molecule has 0 heterocycles. The molecule has 1 atom stereocenters. The molecule has 0 fully saturated rings. The summed E-state index contributed by atoms with van der Waals surface area (Å²) in [6.07, 6.45) is 19.1. The fourth-order valence-corrected chi connectivity index (χ4v) is 5.79. The smallest absolute Gasteiger partial charge is 0.336 e. The van der Waals surface area contributed by atoms with Crippen LogP contribution in [-0.4, -0.2) is 35.4 Å². The third-order valence-electron chi connectivity index (χ3n) is 8.23. The zero-order chi connectivity index (χ0) is 32.5. The van der Waals surface area contributed by atoms with E-state index in [1.807, 2.05) is 41.5 Å². The highest BCUT2D eigenvalue weighted by Crippen LogP contribution is 2.45. The second-order valence-electron chi connectivity index (χ2n) is 14.3.